The number of hydrogen-bond donors (Lipinski definition) is 1. The number of benzene rings is 1. The Balaban J connectivity index is 1.52. The van der Waals surface area contributed by atoms with E-state index in [4.69, 9.17) is 4.42 Å². The van der Waals surface area contributed by atoms with Crippen molar-refractivity contribution in [3.05, 3.63) is 29.7 Å². The quantitative estimate of drug-likeness (QED) is 0.937. The first-order valence-electron chi connectivity index (χ1n) is 7.86. The summed E-state index contributed by atoms with van der Waals surface area (Å²) in [6.45, 7) is 2.54. The summed E-state index contributed by atoms with van der Waals surface area (Å²) in [5.41, 5.74) is 2.89. The fraction of sp³-hybridized carbons (Fsp3) is 0.529. The second kappa shape index (κ2) is 6.29. The molecule has 1 N–H and O–H groups in total. The first kappa shape index (κ1) is 14.1. The Labute approximate surface area is 124 Å². The van der Waals surface area contributed by atoms with Gasteiger partial charge >= 0.3 is 0 Å². The molecule has 1 fully saturated rings. The average Bonchev–Trinajstić information content (AvgIpc) is 2.87. The van der Waals surface area contributed by atoms with Crippen LogP contribution in [0.25, 0.3) is 11.1 Å². The predicted octanol–water partition coefficient (Wildman–Crippen LogP) is 3.38. The lowest BCUT2D eigenvalue weighted by Crippen LogP contribution is -2.33. The lowest BCUT2D eigenvalue weighted by atomic mass is 9.88. The van der Waals surface area contributed by atoms with Gasteiger partial charge in [0.15, 0.2) is 11.5 Å². The van der Waals surface area contributed by atoms with Gasteiger partial charge in [-0.15, -0.1) is 0 Å². The van der Waals surface area contributed by atoms with Gasteiger partial charge in [0.05, 0.1) is 0 Å². The van der Waals surface area contributed by atoms with Crippen LogP contribution in [0, 0.1) is 12.8 Å². The molecule has 4 nitrogen and oxygen atoms in total. The summed E-state index contributed by atoms with van der Waals surface area (Å²) in [6, 6.07) is 6.03. The van der Waals surface area contributed by atoms with Gasteiger partial charge in [0, 0.05) is 19.4 Å². The van der Waals surface area contributed by atoms with Gasteiger partial charge < -0.3 is 9.73 Å². The minimum absolute atomic E-state index is 0.230. The highest BCUT2D eigenvalue weighted by Gasteiger charge is 2.20. The Bertz CT molecular complexity index is 627. The molecule has 0 spiro atoms. The number of aryl methyl sites for hydroxylation is 1. The van der Waals surface area contributed by atoms with Crippen LogP contribution >= 0.6 is 0 Å². The minimum atomic E-state index is 0.230. The van der Waals surface area contributed by atoms with Crippen molar-refractivity contribution in [3.8, 4) is 0 Å². The van der Waals surface area contributed by atoms with Gasteiger partial charge in [-0.3, -0.25) is 4.79 Å². The van der Waals surface area contributed by atoms with Crippen molar-refractivity contribution < 1.29 is 9.21 Å². The van der Waals surface area contributed by atoms with Crippen LogP contribution in [0.4, 0.5) is 0 Å². The largest absolute Gasteiger partial charge is 0.441 e. The van der Waals surface area contributed by atoms with Crippen molar-refractivity contribution >= 4 is 17.0 Å². The first-order chi connectivity index (χ1) is 10.2. The highest BCUT2D eigenvalue weighted by atomic mass is 16.3. The molecule has 1 heterocycles. The Morgan fingerprint density at radius 3 is 2.95 bits per heavy atom. The van der Waals surface area contributed by atoms with Gasteiger partial charge in [-0.1, -0.05) is 25.3 Å². The number of rotatable bonds is 4. The zero-order valence-corrected chi connectivity index (χ0v) is 12.5. The van der Waals surface area contributed by atoms with Crippen molar-refractivity contribution in [2.24, 2.45) is 5.92 Å². The smallest absolute Gasteiger partial charge is 0.223 e. The number of hydrogen-bond acceptors (Lipinski definition) is 3. The molecule has 3 rings (SSSR count). The zero-order chi connectivity index (χ0) is 14.7. The third-order valence-electron chi connectivity index (χ3n) is 4.25. The second-order valence-electron chi connectivity index (χ2n) is 5.91. The van der Waals surface area contributed by atoms with Gasteiger partial charge in [-0.25, -0.2) is 4.98 Å². The maximum atomic E-state index is 12.1. The van der Waals surface area contributed by atoms with Crippen molar-refractivity contribution in [3.63, 3.8) is 0 Å². The highest BCUT2D eigenvalue weighted by molar-refractivity contribution is 5.78. The Morgan fingerprint density at radius 1 is 1.33 bits per heavy atom. The molecule has 1 aromatic carbocycles. The van der Waals surface area contributed by atoms with Crippen molar-refractivity contribution in [1.29, 1.82) is 0 Å². The van der Waals surface area contributed by atoms with Crippen molar-refractivity contribution in [2.45, 2.75) is 45.4 Å². The fourth-order valence-electron chi connectivity index (χ4n) is 3.08. The molecule has 0 atom stereocenters. The number of amides is 1. The van der Waals surface area contributed by atoms with Gasteiger partial charge in [-0.05, 0) is 37.0 Å². The van der Waals surface area contributed by atoms with Crippen LogP contribution in [0.2, 0.25) is 0 Å². The second-order valence-corrected chi connectivity index (χ2v) is 5.91. The molecule has 0 radical (unpaired) electrons. The van der Waals surface area contributed by atoms with Crippen LogP contribution in [0.3, 0.4) is 0 Å². The molecule has 1 aliphatic rings. The lowest BCUT2D eigenvalue weighted by molar-refractivity contribution is -0.125. The topological polar surface area (TPSA) is 55.1 Å². The van der Waals surface area contributed by atoms with Crippen LogP contribution in [-0.2, 0) is 11.2 Å². The van der Waals surface area contributed by atoms with E-state index in [2.05, 4.69) is 10.3 Å². The number of oxazole rings is 1. The van der Waals surface area contributed by atoms with Crippen LogP contribution in [0.1, 0.15) is 43.6 Å². The van der Waals surface area contributed by atoms with E-state index in [1.807, 2.05) is 25.1 Å². The fourth-order valence-corrected chi connectivity index (χ4v) is 3.08. The Morgan fingerprint density at radius 2 is 2.14 bits per heavy atom. The molecule has 0 bridgehead atoms. The number of fused-ring (bicyclic) bond motifs is 1. The molecular formula is C17H22N2O2. The monoisotopic (exact) mass is 286 g/mol. The van der Waals surface area contributed by atoms with Gasteiger partial charge in [0.2, 0.25) is 5.91 Å². The van der Waals surface area contributed by atoms with Crippen molar-refractivity contribution in [2.75, 3.05) is 6.54 Å². The molecule has 0 aliphatic heterocycles. The van der Waals surface area contributed by atoms with Crippen molar-refractivity contribution in [1.82, 2.24) is 10.3 Å². The molecular weight excluding hydrogens is 264 g/mol. The molecule has 0 unspecified atom stereocenters. The number of carbonyl (C=O) groups is 1. The zero-order valence-electron chi connectivity index (χ0n) is 12.5. The lowest BCUT2D eigenvalue weighted by Gasteiger charge is -2.20. The summed E-state index contributed by atoms with van der Waals surface area (Å²) < 4.78 is 5.46. The molecule has 4 heteroatoms. The maximum Gasteiger partial charge on any atom is 0.223 e. The summed E-state index contributed by atoms with van der Waals surface area (Å²) in [6.07, 6.45) is 6.60. The maximum absolute atomic E-state index is 12.1. The van der Waals surface area contributed by atoms with E-state index in [1.165, 1.54) is 24.8 Å². The molecule has 0 saturated heterocycles. The number of nitrogens with one attached hydrogen (secondary N) is 1. The highest BCUT2D eigenvalue weighted by Crippen LogP contribution is 2.23. The van der Waals surface area contributed by atoms with E-state index in [1.54, 1.807) is 0 Å². The molecule has 1 aliphatic carbocycles. The third-order valence-corrected chi connectivity index (χ3v) is 4.25. The van der Waals surface area contributed by atoms with E-state index >= 15 is 0 Å². The molecule has 21 heavy (non-hydrogen) atoms. The summed E-state index contributed by atoms with van der Waals surface area (Å²) in [5.74, 6) is 1.15. The normalized spacial score (nSPS) is 16.2. The summed E-state index contributed by atoms with van der Waals surface area (Å²) >= 11 is 0. The Hall–Kier alpha value is -1.84. The first-order valence-corrected chi connectivity index (χ1v) is 7.86. The molecule has 1 aromatic heterocycles. The SMILES string of the molecule is Cc1nc2cc(CCNC(=O)C3CCCCC3)ccc2o1. The van der Waals surface area contributed by atoms with Crippen LogP contribution < -0.4 is 5.32 Å². The van der Waals surface area contributed by atoms with Gasteiger partial charge in [-0.2, -0.15) is 0 Å². The molecule has 2 aromatic rings. The van der Waals surface area contributed by atoms with E-state index in [0.717, 1.165) is 30.4 Å². The standard InChI is InChI=1S/C17H22N2O2/c1-12-19-15-11-13(7-8-16(15)21-12)9-10-18-17(20)14-5-3-2-4-6-14/h7-8,11,14H,2-6,9-10H2,1H3,(H,18,20). The predicted molar refractivity (Wildman–Crippen MR) is 82.0 cm³/mol. The van der Waals surface area contributed by atoms with Crippen LogP contribution in [0.15, 0.2) is 22.6 Å². The van der Waals surface area contributed by atoms with E-state index in [9.17, 15) is 4.79 Å². The van der Waals surface area contributed by atoms with E-state index in [0.29, 0.717) is 12.4 Å². The number of nitrogens with zero attached hydrogens (tertiary/aromatic N) is 1. The minimum Gasteiger partial charge on any atom is -0.441 e. The Kier molecular flexibility index (Phi) is 4.23. The van der Waals surface area contributed by atoms with E-state index < -0.39 is 0 Å². The summed E-state index contributed by atoms with van der Waals surface area (Å²) in [5, 5.41) is 3.07. The molecule has 1 saturated carbocycles. The number of aromatic nitrogens is 1. The van der Waals surface area contributed by atoms with E-state index in [-0.39, 0.29) is 11.8 Å². The van der Waals surface area contributed by atoms with Gasteiger partial charge in [0.25, 0.3) is 0 Å². The molecule has 112 valence electrons. The third kappa shape index (κ3) is 3.43. The van der Waals surface area contributed by atoms with Gasteiger partial charge in [0.1, 0.15) is 5.52 Å². The van der Waals surface area contributed by atoms with Crippen LogP contribution in [-0.4, -0.2) is 17.4 Å². The number of carbonyl (C=O) groups excluding carboxylic acids is 1. The average molecular weight is 286 g/mol. The van der Waals surface area contributed by atoms with Crippen LogP contribution in [0.5, 0.6) is 0 Å². The molecule has 1 amide bonds. The summed E-state index contributed by atoms with van der Waals surface area (Å²) in [7, 11) is 0. The summed E-state index contributed by atoms with van der Waals surface area (Å²) in [4.78, 5) is 16.4.